The normalized spacial score (nSPS) is 15.3. The van der Waals surface area contributed by atoms with E-state index >= 15 is 0 Å². The van der Waals surface area contributed by atoms with Gasteiger partial charge >= 0.3 is 0 Å². The summed E-state index contributed by atoms with van der Waals surface area (Å²) in [6, 6.07) is 9.82. The Morgan fingerprint density at radius 2 is 2.03 bits per heavy atom. The van der Waals surface area contributed by atoms with Crippen LogP contribution in [0.3, 0.4) is 0 Å². The van der Waals surface area contributed by atoms with Gasteiger partial charge in [-0.3, -0.25) is 9.48 Å². The third-order valence-corrected chi connectivity index (χ3v) is 5.98. The van der Waals surface area contributed by atoms with Crippen LogP contribution < -0.4 is 14.8 Å². The van der Waals surface area contributed by atoms with Gasteiger partial charge in [-0.05, 0) is 49.1 Å². The molecular weight excluding hydrogens is 408 g/mol. The summed E-state index contributed by atoms with van der Waals surface area (Å²) in [5, 5.41) is 8.21. The number of nitrogens with zero attached hydrogens (tertiary/aromatic N) is 3. The molecule has 1 aliphatic rings. The summed E-state index contributed by atoms with van der Waals surface area (Å²) in [4.78, 5) is 14.8. The van der Waals surface area contributed by atoms with Gasteiger partial charge in [-0.25, -0.2) is 0 Å². The Hall–Kier alpha value is -3.26. The number of nitrogens with one attached hydrogen (secondary N) is 1. The van der Waals surface area contributed by atoms with Crippen molar-refractivity contribution in [2.75, 3.05) is 21.3 Å². The fourth-order valence-corrected chi connectivity index (χ4v) is 4.25. The van der Waals surface area contributed by atoms with Crippen molar-refractivity contribution in [2.45, 2.75) is 38.4 Å². The van der Waals surface area contributed by atoms with Gasteiger partial charge in [-0.1, -0.05) is 0 Å². The zero-order chi connectivity index (χ0) is 22.7. The largest absolute Gasteiger partial charge is 0.497 e. The number of rotatable bonds is 8. The van der Waals surface area contributed by atoms with E-state index in [2.05, 4.69) is 10.4 Å². The molecule has 0 saturated carbocycles. The fourth-order valence-electron chi connectivity index (χ4n) is 4.25. The van der Waals surface area contributed by atoms with Crippen molar-refractivity contribution in [3.05, 3.63) is 64.9 Å². The summed E-state index contributed by atoms with van der Waals surface area (Å²) in [5.74, 6) is 2.20. The average Bonchev–Trinajstić information content (AvgIpc) is 3.44. The Morgan fingerprint density at radius 1 is 1.28 bits per heavy atom. The van der Waals surface area contributed by atoms with Gasteiger partial charge in [0.05, 0.1) is 27.0 Å². The molecule has 0 radical (unpaired) electrons. The Labute approximate surface area is 188 Å². The minimum absolute atomic E-state index is 0.0866. The van der Waals surface area contributed by atoms with Crippen LogP contribution in [-0.2, 0) is 33.0 Å². The number of furan rings is 1. The average molecular weight is 439 g/mol. The number of fused-ring (bicyclic) bond motifs is 1. The molecule has 32 heavy (non-hydrogen) atoms. The molecule has 170 valence electrons. The topological polar surface area (TPSA) is 81.8 Å². The van der Waals surface area contributed by atoms with Gasteiger partial charge in [0, 0.05) is 44.0 Å². The Bertz CT molecular complexity index is 1050. The number of hydrogen-bond acceptors (Lipinski definition) is 6. The standard InChI is InChI=1S/C24H30N4O4/c1-27(15-18-6-5-9-32-18)24(29)23-21-12-17(7-8-22(21)28(2)26-23)25-14-16-10-19(30-3)13-20(11-16)31-4/h5-6,9-11,13,17,25H,7-8,12,14-15H2,1-4H3. The first-order valence-corrected chi connectivity index (χ1v) is 10.8. The smallest absolute Gasteiger partial charge is 0.274 e. The van der Waals surface area contributed by atoms with Crippen molar-refractivity contribution in [1.82, 2.24) is 20.0 Å². The minimum Gasteiger partial charge on any atom is -0.497 e. The molecule has 1 unspecified atom stereocenters. The van der Waals surface area contributed by atoms with E-state index in [9.17, 15) is 4.79 Å². The second-order valence-corrected chi connectivity index (χ2v) is 8.18. The Balaban J connectivity index is 1.46. The molecule has 0 aliphatic heterocycles. The molecule has 1 aromatic carbocycles. The molecule has 3 aromatic rings. The number of hydrogen-bond donors (Lipinski definition) is 1. The van der Waals surface area contributed by atoms with E-state index in [1.54, 1.807) is 32.4 Å². The number of carbonyl (C=O) groups excluding carboxylic acids is 1. The van der Waals surface area contributed by atoms with Gasteiger partial charge in [-0.2, -0.15) is 5.10 Å². The lowest BCUT2D eigenvalue weighted by Crippen LogP contribution is -2.35. The fraction of sp³-hybridized carbons (Fsp3) is 0.417. The number of aryl methyl sites for hydroxylation is 1. The van der Waals surface area contributed by atoms with Crippen LogP contribution in [0.25, 0.3) is 0 Å². The molecule has 2 heterocycles. The predicted octanol–water partition coefficient (Wildman–Crippen LogP) is 2.95. The van der Waals surface area contributed by atoms with Crippen LogP contribution in [0.2, 0.25) is 0 Å². The van der Waals surface area contributed by atoms with Gasteiger partial charge in [0.25, 0.3) is 5.91 Å². The van der Waals surface area contributed by atoms with E-state index in [4.69, 9.17) is 13.9 Å². The lowest BCUT2D eigenvalue weighted by Gasteiger charge is -2.25. The number of carbonyl (C=O) groups is 1. The van der Waals surface area contributed by atoms with Gasteiger partial charge < -0.3 is 24.1 Å². The third-order valence-electron chi connectivity index (χ3n) is 5.98. The summed E-state index contributed by atoms with van der Waals surface area (Å²) < 4.78 is 18.0. The summed E-state index contributed by atoms with van der Waals surface area (Å²) in [5.41, 5.74) is 3.80. The highest BCUT2D eigenvalue weighted by molar-refractivity contribution is 5.94. The maximum absolute atomic E-state index is 13.1. The molecule has 1 N–H and O–H groups in total. The van der Waals surface area contributed by atoms with E-state index < -0.39 is 0 Å². The lowest BCUT2D eigenvalue weighted by molar-refractivity contribution is 0.0767. The number of aromatic nitrogens is 2. The van der Waals surface area contributed by atoms with Gasteiger partial charge in [0.1, 0.15) is 17.3 Å². The predicted molar refractivity (Wildman–Crippen MR) is 120 cm³/mol. The number of ether oxygens (including phenoxy) is 2. The number of benzene rings is 1. The maximum atomic E-state index is 13.1. The molecule has 1 aliphatic carbocycles. The molecule has 1 amide bonds. The molecule has 8 heteroatoms. The molecular formula is C24H30N4O4. The first kappa shape index (κ1) is 22.0. The van der Waals surface area contributed by atoms with Crippen molar-refractivity contribution in [2.24, 2.45) is 7.05 Å². The molecule has 2 aromatic heterocycles. The van der Waals surface area contributed by atoms with Crippen molar-refractivity contribution >= 4 is 5.91 Å². The Kier molecular flexibility index (Phi) is 6.50. The zero-order valence-corrected chi connectivity index (χ0v) is 19.1. The first-order valence-electron chi connectivity index (χ1n) is 10.8. The van der Waals surface area contributed by atoms with E-state index in [1.807, 2.05) is 42.1 Å². The van der Waals surface area contributed by atoms with Gasteiger partial charge in [-0.15, -0.1) is 0 Å². The minimum atomic E-state index is -0.0866. The number of methoxy groups -OCH3 is 2. The van der Waals surface area contributed by atoms with Gasteiger partial charge in [0.15, 0.2) is 5.69 Å². The van der Waals surface area contributed by atoms with Crippen LogP contribution in [0.1, 0.15) is 39.5 Å². The highest BCUT2D eigenvalue weighted by Gasteiger charge is 2.29. The van der Waals surface area contributed by atoms with Crippen LogP contribution in [-0.4, -0.2) is 47.9 Å². The SMILES string of the molecule is COc1cc(CNC2CCc3c(c(C(=O)N(C)Cc4ccco4)nn3C)C2)cc(OC)c1. The molecule has 4 rings (SSSR count). The zero-order valence-electron chi connectivity index (χ0n) is 19.1. The second-order valence-electron chi connectivity index (χ2n) is 8.18. The molecule has 0 bridgehead atoms. The second kappa shape index (κ2) is 9.48. The highest BCUT2D eigenvalue weighted by Crippen LogP contribution is 2.27. The van der Waals surface area contributed by atoms with Crippen LogP contribution in [0.15, 0.2) is 41.0 Å². The van der Waals surface area contributed by atoms with Crippen molar-refractivity contribution in [3.8, 4) is 11.5 Å². The highest BCUT2D eigenvalue weighted by atomic mass is 16.5. The molecule has 0 fully saturated rings. The quantitative estimate of drug-likeness (QED) is 0.582. The van der Waals surface area contributed by atoms with E-state index in [-0.39, 0.29) is 11.9 Å². The van der Waals surface area contributed by atoms with Crippen LogP contribution >= 0.6 is 0 Å². The molecule has 8 nitrogen and oxygen atoms in total. The summed E-state index contributed by atoms with van der Waals surface area (Å²) in [7, 11) is 7.00. The van der Waals surface area contributed by atoms with E-state index in [0.29, 0.717) is 18.8 Å². The van der Waals surface area contributed by atoms with Crippen molar-refractivity contribution in [1.29, 1.82) is 0 Å². The van der Waals surface area contributed by atoms with Crippen LogP contribution in [0, 0.1) is 0 Å². The third kappa shape index (κ3) is 4.65. The number of amides is 1. The first-order chi connectivity index (χ1) is 15.5. The molecule has 0 saturated heterocycles. The molecule has 1 atom stereocenters. The van der Waals surface area contributed by atoms with Gasteiger partial charge in [0.2, 0.25) is 0 Å². The summed E-state index contributed by atoms with van der Waals surface area (Å²) in [6.45, 7) is 1.10. The van der Waals surface area contributed by atoms with E-state index in [0.717, 1.165) is 53.3 Å². The summed E-state index contributed by atoms with van der Waals surface area (Å²) in [6.07, 6.45) is 4.25. The van der Waals surface area contributed by atoms with Crippen molar-refractivity contribution < 1.29 is 18.7 Å². The Morgan fingerprint density at radius 3 is 2.69 bits per heavy atom. The van der Waals surface area contributed by atoms with Crippen LogP contribution in [0.5, 0.6) is 11.5 Å². The monoisotopic (exact) mass is 438 g/mol. The lowest BCUT2D eigenvalue weighted by atomic mass is 9.91. The van der Waals surface area contributed by atoms with Crippen molar-refractivity contribution in [3.63, 3.8) is 0 Å². The molecule has 0 spiro atoms. The summed E-state index contributed by atoms with van der Waals surface area (Å²) >= 11 is 0. The van der Waals surface area contributed by atoms with Crippen LogP contribution in [0.4, 0.5) is 0 Å². The van der Waals surface area contributed by atoms with E-state index in [1.165, 1.54) is 0 Å². The maximum Gasteiger partial charge on any atom is 0.274 e.